The van der Waals surface area contributed by atoms with E-state index in [9.17, 15) is 4.39 Å². The van der Waals surface area contributed by atoms with Crippen LogP contribution in [0.4, 0.5) is 10.1 Å². The first-order valence-electron chi connectivity index (χ1n) is 5.74. The maximum absolute atomic E-state index is 13.5. The average Bonchev–Trinajstić information content (AvgIpc) is 2.59. The van der Waals surface area contributed by atoms with Gasteiger partial charge in [-0.1, -0.05) is 11.6 Å². The Kier molecular flexibility index (Phi) is 3.30. The lowest BCUT2D eigenvalue weighted by molar-refractivity contribution is 0.628. The van der Waals surface area contributed by atoms with Crippen LogP contribution in [0.1, 0.15) is 18.3 Å². The molecule has 2 aromatic rings. The molecule has 0 amide bonds. The first-order chi connectivity index (χ1) is 8.45. The standard InChI is InChI=1S/C13H15ClFN3/c1-4-18-8(3)12(7(2)17-18)10-5-9(15)6-11(14)13(10)16/h5-6H,4,16H2,1-3H3. The predicted molar refractivity (Wildman–Crippen MR) is 72.2 cm³/mol. The maximum atomic E-state index is 13.5. The molecule has 96 valence electrons. The second-order valence-corrected chi connectivity index (χ2v) is 4.62. The number of anilines is 1. The molecular weight excluding hydrogens is 253 g/mol. The minimum Gasteiger partial charge on any atom is -0.397 e. The number of nitrogens with two attached hydrogens (primary N) is 1. The summed E-state index contributed by atoms with van der Waals surface area (Å²) in [6.45, 7) is 6.59. The molecule has 2 N–H and O–H groups in total. The van der Waals surface area contributed by atoms with Gasteiger partial charge in [0.25, 0.3) is 0 Å². The number of rotatable bonds is 2. The number of hydrogen-bond acceptors (Lipinski definition) is 2. The van der Waals surface area contributed by atoms with Crippen molar-refractivity contribution in [3.05, 3.63) is 34.4 Å². The normalized spacial score (nSPS) is 10.9. The van der Waals surface area contributed by atoms with Gasteiger partial charge < -0.3 is 5.73 Å². The van der Waals surface area contributed by atoms with Crippen LogP contribution in [0, 0.1) is 19.7 Å². The topological polar surface area (TPSA) is 43.8 Å². The van der Waals surface area contributed by atoms with E-state index in [1.807, 2.05) is 25.5 Å². The van der Waals surface area contributed by atoms with Crippen LogP contribution < -0.4 is 5.73 Å². The lowest BCUT2D eigenvalue weighted by Gasteiger charge is -2.09. The Morgan fingerprint density at radius 1 is 1.39 bits per heavy atom. The van der Waals surface area contributed by atoms with Crippen LogP contribution >= 0.6 is 11.6 Å². The lowest BCUT2D eigenvalue weighted by atomic mass is 10.0. The third-order valence-corrected chi connectivity index (χ3v) is 3.36. The van der Waals surface area contributed by atoms with E-state index in [4.69, 9.17) is 17.3 Å². The minimum absolute atomic E-state index is 0.230. The summed E-state index contributed by atoms with van der Waals surface area (Å²) in [6.07, 6.45) is 0. The maximum Gasteiger partial charge on any atom is 0.125 e. The third kappa shape index (κ3) is 1.97. The fourth-order valence-corrected chi connectivity index (χ4v) is 2.39. The summed E-state index contributed by atoms with van der Waals surface area (Å²) in [5.41, 5.74) is 9.57. The highest BCUT2D eigenvalue weighted by Crippen LogP contribution is 2.36. The minimum atomic E-state index is -0.396. The van der Waals surface area contributed by atoms with Gasteiger partial charge in [-0.25, -0.2) is 4.39 Å². The van der Waals surface area contributed by atoms with Crippen molar-refractivity contribution in [3.8, 4) is 11.1 Å². The highest BCUT2D eigenvalue weighted by atomic mass is 35.5. The van der Waals surface area contributed by atoms with Crippen molar-refractivity contribution in [3.63, 3.8) is 0 Å². The number of nitrogens with zero attached hydrogens (tertiary/aromatic N) is 2. The van der Waals surface area contributed by atoms with E-state index in [1.54, 1.807) is 0 Å². The third-order valence-electron chi connectivity index (χ3n) is 3.04. The number of hydrogen-bond donors (Lipinski definition) is 1. The van der Waals surface area contributed by atoms with Crippen LogP contribution in [0.2, 0.25) is 5.02 Å². The van der Waals surface area contributed by atoms with E-state index < -0.39 is 5.82 Å². The van der Waals surface area contributed by atoms with Crippen molar-refractivity contribution >= 4 is 17.3 Å². The molecule has 0 saturated heterocycles. The molecule has 0 saturated carbocycles. The van der Waals surface area contributed by atoms with E-state index in [1.165, 1.54) is 12.1 Å². The Balaban J connectivity index is 2.73. The molecule has 1 heterocycles. The zero-order valence-electron chi connectivity index (χ0n) is 10.6. The van der Waals surface area contributed by atoms with E-state index >= 15 is 0 Å². The Morgan fingerprint density at radius 2 is 2.06 bits per heavy atom. The molecular formula is C13H15ClFN3. The van der Waals surface area contributed by atoms with E-state index in [0.29, 0.717) is 11.3 Å². The highest BCUT2D eigenvalue weighted by molar-refractivity contribution is 6.33. The van der Waals surface area contributed by atoms with Gasteiger partial charge in [0.2, 0.25) is 0 Å². The van der Waals surface area contributed by atoms with Gasteiger partial charge in [0, 0.05) is 23.4 Å². The molecule has 0 fully saturated rings. The number of nitrogen functional groups attached to an aromatic ring is 1. The van der Waals surface area contributed by atoms with Gasteiger partial charge in [-0.3, -0.25) is 4.68 Å². The molecule has 0 aliphatic heterocycles. The van der Waals surface area contributed by atoms with Gasteiger partial charge in [0.15, 0.2) is 0 Å². The fourth-order valence-electron chi connectivity index (χ4n) is 2.19. The molecule has 0 spiro atoms. The summed E-state index contributed by atoms with van der Waals surface area (Å²) >= 11 is 5.92. The Hall–Kier alpha value is -1.55. The first-order valence-corrected chi connectivity index (χ1v) is 6.12. The monoisotopic (exact) mass is 267 g/mol. The molecule has 0 atom stereocenters. The zero-order chi connectivity index (χ0) is 13.4. The molecule has 18 heavy (non-hydrogen) atoms. The molecule has 5 heteroatoms. The molecule has 0 aliphatic rings. The fraction of sp³-hybridized carbons (Fsp3) is 0.308. The van der Waals surface area contributed by atoms with Gasteiger partial charge in [-0.05, 0) is 32.9 Å². The van der Waals surface area contributed by atoms with Crippen molar-refractivity contribution in [2.45, 2.75) is 27.3 Å². The molecule has 2 rings (SSSR count). The molecule has 0 bridgehead atoms. The summed E-state index contributed by atoms with van der Waals surface area (Å²) in [5, 5.41) is 4.63. The van der Waals surface area contributed by atoms with Crippen molar-refractivity contribution in [1.29, 1.82) is 0 Å². The van der Waals surface area contributed by atoms with E-state index in [2.05, 4.69) is 5.10 Å². The summed E-state index contributed by atoms with van der Waals surface area (Å²) in [7, 11) is 0. The van der Waals surface area contributed by atoms with Crippen LogP contribution in [0.3, 0.4) is 0 Å². The van der Waals surface area contributed by atoms with Crippen LogP contribution in [0.15, 0.2) is 12.1 Å². The molecule has 0 radical (unpaired) electrons. The van der Waals surface area contributed by atoms with Crippen molar-refractivity contribution in [1.82, 2.24) is 9.78 Å². The molecule has 1 aromatic heterocycles. The van der Waals surface area contributed by atoms with Gasteiger partial charge in [0.05, 0.1) is 16.4 Å². The van der Waals surface area contributed by atoms with Gasteiger partial charge in [-0.2, -0.15) is 5.10 Å². The van der Waals surface area contributed by atoms with Gasteiger partial charge in [0.1, 0.15) is 5.82 Å². The largest absolute Gasteiger partial charge is 0.397 e. The highest BCUT2D eigenvalue weighted by Gasteiger charge is 2.17. The van der Waals surface area contributed by atoms with Crippen LogP contribution in [0.25, 0.3) is 11.1 Å². The number of benzene rings is 1. The van der Waals surface area contributed by atoms with Crippen molar-refractivity contribution in [2.75, 3.05) is 5.73 Å². The van der Waals surface area contributed by atoms with Crippen molar-refractivity contribution in [2.24, 2.45) is 0 Å². The summed E-state index contributed by atoms with van der Waals surface area (Å²) in [4.78, 5) is 0. The summed E-state index contributed by atoms with van der Waals surface area (Å²) < 4.78 is 15.3. The lowest BCUT2D eigenvalue weighted by Crippen LogP contribution is -1.99. The van der Waals surface area contributed by atoms with Crippen LogP contribution in [-0.4, -0.2) is 9.78 Å². The first kappa shape index (κ1) is 12.9. The Labute approximate surface area is 110 Å². The Bertz CT molecular complexity index is 605. The predicted octanol–water partition coefficient (Wildman–Crippen LogP) is 3.56. The SMILES string of the molecule is CCn1nc(C)c(-c2cc(F)cc(Cl)c2N)c1C. The average molecular weight is 268 g/mol. The number of halogens is 2. The summed E-state index contributed by atoms with van der Waals surface area (Å²) in [6, 6.07) is 2.62. The second kappa shape index (κ2) is 4.61. The van der Waals surface area contributed by atoms with Crippen molar-refractivity contribution < 1.29 is 4.39 Å². The Morgan fingerprint density at radius 3 is 2.61 bits per heavy atom. The van der Waals surface area contributed by atoms with Gasteiger partial charge in [-0.15, -0.1) is 0 Å². The quantitative estimate of drug-likeness (QED) is 0.846. The second-order valence-electron chi connectivity index (χ2n) is 4.21. The van der Waals surface area contributed by atoms with E-state index in [0.717, 1.165) is 23.5 Å². The van der Waals surface area contributed by atoms with Crippen LogP contribution in [-0.2, 0) is 6.54 Å². The summed E-state index contributed by atoms with van der Waals surface area (Å²) in [5.74, 6) is -0.396. The molecule has 1 aromatic carbocycles. The molecule has 0 unspecified atom stereocenters. The molecule has 0 aliphatic carbocycles. The van der Waals surface area contributed by atoms with E-state index in [-0.39, 0.29) is 5.02 Å². The van der Waals surface area contributed by atoms with Crippen LogP contribution in [0.5, 0.6) is 0 Å². The molecule has 3 nitrogen and oxygen atoms in total. The number of aromatic nitrogens is 2. The number of aryl methyl sites for hydroxylation is 2. The van der Waals surface area contributed by atoms with Gasteiger partial charge >= 0.3 is 0 Å². The smallest absolute Gasteiger partial charge is 0.125 e. The zero-order valence-corrected chi connectivity index (χ0v) is 11.3.